The third kappa shape index (κ3) is 3.41. The smallest absolute Gasteiger partial charge is 0.289 e. The first-order chi connectivity index (χ1) is 11.1. The van der Waals surface area contributed by atoms with E-state index in [1.54, 1.807) is 13.2 Å². The van der Waals surface area contributed by atoms with Crippen LogP contribution in [0.3, 0.4) is 0 Å². The van der Waals surface area contributed by atoms with Crippen molar-refractivity contribution >= 4 is 54.7 Å². The molecule has 0 saturated carbocycles. The van der Waals surface area contributed by atoms with Crippen LogP contribution in [-0.4, -0.2) is 17.6 Å². The van der Waals surface area contributed by atoms with Gasteiger partial charge in [0.15, 0.2) is 4.80 Å². The maximum atomic E-state index is 12.4. The predicted octanol–water partition coefficient (Wildman–Crippen LogP) is 4.69. The number of carbonyl (C=O) groups excluding carboxylic acids is 1. The van der Waals surface area contributed by atoms with Crippen molar-refractivity contribution in [1.82, 2.24) is 4.57 Å². The number of aryl methyl sites for hydroxylation is 1. The molecule has 0 saturated heterocycles. The molecule has 0 fully saturated rings. The average Bonchev–Trinajstić information content (AvgIpc) is 3.11. The van der Waals surface area contributed by atoms with Crippen molar-refractivity contribution in [3.63, 3.8) is 0 Å². The van der Waals surface area contributed by atoms with Crippen molar-refractivity contribution in [2.24, 2.45) is 4.99 Å². The van der Waals surface area contributed by atoms with Crippen molar-refractivity contribution < 1.29 is 9.53 Å². The van der Waals surface area contributed by atoms with Gasteiger partial charge in [0.05, 0.1) is 26.0 Å². The maximum absolute atomic E-state index is 12.4. The van der Waals surface area contributed by atoms with E-state index in [0.29, 0.717) is 4.88 Å². The van der Waals surface area contributed by atoms with Crippen LogP contribution in [0.2, 0.25) is 0 Å². The van der Waals surface area contributed by atoms with E-state index in [4.69, 9.17) is 4.74 Å². The van der Waals surface area contributed by atoms with Gasteiger partial charge in [0.1, 0.15) is 5.75 Å². The molecule has 1 amide bonds. The second-order valence-electron chi connectivity index (χ2n) is 4.89. The zero-order valence-corrected chi connectivity index (χ0v) is 15.9. The van der Waals surface area contributed by atoms with Gasteiger partial charge in [-0.3, -0.25) is 4.79 Å². The van der Waals surface area contributed by atoms with Crippen molar-refractivity contribution in [1.29, 1.82) is 0 Å². The molecule has 1 aromatic carbocycles. The van der Waals surface area contributed by atoms with Crippen molar-refractivity contribution in [3.05, 3.63) is 43.8 Å². The summed E-state index contributed by atoms with van der Waals surface area (Å²) in [6.45, 7) is 2.94. The average molecular weight is 411 g/mol. The Bertz CT molecular complexity index is 924. The molecule has 7 heteroatoms. The Morgan fingerprint density at radius 3 is 2.78 bits per heavy atom. The summed E-state index contributed by atoms with van der Waals surface area (Å²) in [6.07, 6.45) is 0.976. The lowest BCUT2D eigenvalue weighted by atomic mass is 10.3. The Balaban J connectivity index is 2.13. The molecule has 120 valence electrons. The van der Waals surface area contributed by atoms with Gasteiger partial charge in [0.2, 0.25) is 0 Å². The first-order valence-corrected chi connectivity index (χ1v) is 9.56. The summed E-state index contributed by atoms with van der Waals surface area (Å²) in [6, 6.07) is 9.59. The van der Waals surface area contributed by atoms with E-state index in [-0.39, 0.29) is 5.91 Å². The molecule has 0 unspecified atom stereocenters. The zero-order valence-electron chi connectivity index (χ0n) is 12.7. The predicted molar refractivity (Wildman–Crippen MR) is 98.6 cm³/mol. The van der Waals surface area contributed by atoms with E-state index < -0.39 is 0 Å². The number of nitrogens with zero attached hydrogens (tertiary/aromatic N) is 2. The molecule has 0 spiro atoms. The fraction of sp³-hybridized carbons (Fsp3) is 0.250. The molecule has 4 nitrogen and oxygen atoms in total. The molecule has 2 aromatic heterocycles. The molecule has 2 heterocycles. The quantitative estimate of drug-likeness (QED) is 0.626. The lowest BCUT2D eigenvalue weighted by Gasteiger charge is -2.03. The number of thiazole rings is 1. The minimum atomic E-state index is -0.205. The highest BCUT2D eigenvalue weighted by atomic mass is 79.9. The van der Waals surface area contributed by atoms with E-state index in [1.165, 1.54) is 22.7 Å². The van der Waals surface area contributed by atoms with Gasteiger partial charge < -0.3 is 9.30 Å². The van der Waals surface area contributed by atoms with Gasteiger partial charge >= 0.3 is 0 Å². The SMILES string of the molecule is CCCn1c(=NC(=O)c2ccc(Br)s2)sc2cc(OC)ccc21. The molecule has 0 radical (unpaired) electrons. The Morgan fingerprint density at radius 2 is 2.13 bits per heavy atom. The summed E-state index contributed by atoms with van der Waals surface area (Å²) in [5.41, 5.74) is 1.08. The molecule has 0 bridgehead atoms. The largest absolute Gasteiger partial charge is 0.497 e. The van der Waals surface area contributed by atoms with Gasteiger partial charge in [-0.1, -0.05) is 18.3 Å². The molecular formula is C16H15BrN2O2S2. The number of amides is 1. The van der Waals surface area contributed by atoms with E-state index in [1.807, 2.05) is 24.3 Å². The van der Waals surface area contributed by atoms with Crippen LogP contribution < -0.4 is 9.54 Å². The number of carbonyl (C=O) groups is 1. The van der Waals surface area contributed by atoms with Crippen molar-refractivity contribution in [2.45, 2.75) is 19.9 Å². The number of halogens is 1. The molecule has 0 aliphatic rings. The minimum absolute atomic E-state index is 0.205. The van der Waals surface area contributed by atoms with Crippen LogP contribution in [0.15, 0.2) is 39.1 Å². The van der Waals surface area contributed by atoms with Crippen molar-refractivity contribution in [2.75, 3.05) is 7.11 Å². The highest BCUT2D eigenvalue weighted by Gasteiger charge is 2.11. The molecule has 0 aliphatic carbocycles. The highest BCUT2D eigenvalue weighted by molar-refractivity contribution is 9.11. The molecule has 3 rings (SSSR count). The number of hydrogen-bond donors (Lipinski definition) is 0. The van der Waals surface area contributed by atoms with Gasteiger partial charge in [-0.15, -0.1) is 11.3 Å². The molecule has 0 aliphatic heterocycles. The number of thiophene rings is 1. The Morgan fingerprint density at radius 1 is 1.30 bits per heavy atom. The molecule has 23 heavy (non-hydrogen) atoms. The van der Waals surface area contributed by atoms with Crippen LogP contribution >= 0.6 is 38.6 Å². The van der Waals surface area contributed by atoms with E-state index in [9.17, 15) is 4.79 Å². The number of benzene rings is 1. The number of ether oxygens (including phenoxy) is 1. The van der Waals surface area contributed by atoms with Gasteiger partial charge in [-0.25, -0.2) is 0 Å². The molecule has 0 N–H and O–H groups in total. The molecular weight excluding hydrogens is 396 g/mol. The van der Waals surface area contributed by atoms with E-state index >= 15 is 0 Å². The summed E-state index contributed by atoms with van der Waals surface area (Å²) in [5, 5.41) is 0. The van der Waals surface area contributed by atoms with Gasteiger partial charge in [-0.05, 0) is 52.7 Å². The second-order valence-corrected chi connectivity index (χ2v) is 8.36. The molecule has 3 aromatic rings. The summed E-state index contributed by atoms with van der Waals surface area (Å²) in [4.78, 5) is 18.1. The van der Waals surface area contributed by atoms with Gasteiger partial charge in [0, 0.05) is 6.54 Å². The first-order valence-electron chi connectivity index (χ1n) is 7.14. The number of rotatable bonds is 4. The molecule has 0 atom stereocenters. The van der Waals surface area contributed by atoms with Crippen LogP contribution in [0.1, 0.15) is 23.0 Å². The van der Waals surface area contributed by atoms with Crippen LogP contribution in [0, 0.1) is 0 Å². The second kappa shape index (κ2) is 6.98. The summed E-state index contributed by atoms with van der Waals surface area (Å²) >= 11 is 6.28. The fourth-order valence-corrected chi connectivity index (χ4v) is 4.63. The van der Waals surface area contributed by atoms with Crippen LogP contribution in [-0.2, 0) is 6.54 Å². The Hall–Kier alpha value is -1.44. The van der Waals surface area contributed by atoms with Crippen LogP contribution in [0.4, 0.5) is 0 Å². The third-order valence-electron chi connectivity index (χ3n) is 3.32. The normalized spacial score (nSPS) is 12.0. The summed E-state index contributed by atoms with van der Waals surface area (Å²) in [7, 11) is 1.65. The van der Waals surface area contributed by atoms with Crippen molar-refractivity contribution in [3.8, 4) is 5.75 Å². The fourth-order valence-electron chi connectivity index (χ4n) is 2.28. The lowest BCUT2D eigenvalue weighted by molar-refractivity contribution is 0.100. The zero-order chi connectivity index (χ0) is 16.4. The van der Waals surface area contributed by atoms with Gasteiger partial charge in [0.25, 0.3) is 5.91 Å². The number of methoxy groups -OCH3 is 1. The lowest BCUT2D eigenvalue weighted by Crippen LogP contribution is -2.16. The third-order valence-corrected chi connectivity index (χ3v) is 5.97. The first kappa shape index (κ1) is 16.4. The van der Waals surface area contributed by atoms with Crippen LogP contribution in [0.5, 0.6) is 5.75 Å². The minimum Gasteiger partial charge on any atom is -0.497 e. The number of fused-ring (bicyclic) bond motifs is 1. The maximum Gasteiger partial charge on any atom is 0.289 e. The highest BCUT2D eigenvalue weighted by Crippen LogP contribution is 2.25. The van der Waals surface area contributed by atoms with E-state index in [0.717, 1.165) is 37.5 Å². The number of aromatic nitrogens is 1. The monoisotopic (exact) mass is 410 g/mol. The topological polar surface area (TPSA) is 43.6 Å². The summed E-state index contributed by atoms with van der Waals surface area (Å²) in [5.74, 6) is 0.603. The summed E-state index contributed by atoms with van der Waals surface area (Å²) < 4.78 is 9.37. The van der Waals surface area contributed by atoms with Crippen LogP contribution in [0.25, 0.3) is 10.2 Å². The standard InChI is InChI=1S/C16H15BrN2O2S2/c1-3-8-19-11-5-4-10(21-2)9-13(11)23-16(19)18-15(20)12-6-7-14(17)22-12/h4-7,9H,3,8H2,1-2H3. The van der Waals surface area contributed by atoms with Gasteiger partial charge in [-0.2, -0.15) is 4.99 Å². The van der Waals surface area contributed by atoms with E-state index in [2.05, 4.69) is 32.4 Å². The number of hydrogen-bond acceptors (Lipinski definition) is 4. The Labute approximate surface area is 150 Å². The Kier molecular flexibility index (Phi) is 4.99.